The average molecular weight is 418 g/mol. The minimum absolute atomic E-state index is 0.0970. The van der Waals surface area contributed by atoms with Gasteiger partial charge in [0.2, 0.25) is 0 Å². The van der Waals surface area contributed by atoms with E-state index in [1.807, 2.05) is 24.3 Å². The molecule has 0 saturated carbocycles. The third-order valence-corrected chi connectivity index (χ3v) is 6.19. The first-order valence-corrected chi connectivity index (χ1v) is 10.2. The summed E-state index contributed by atoms with van der Waals surface area (Å²) in [6, 6.07) is 12.8. The molecule has 0 N–H and O–H groups in total. The molecule has 0 aromatic heterocycles. The van der Waals surface area contributed by atoms with Crippen molar-refractivity contribution in [2.24, 2.45) is 5.92 Å². The van der Waals surface area contributed by atoms with E-state index in [9.17, 15) is 18.0 Å². The molecule has 2 aliphatic rings. The number of hydrogen-bond acceptors (Lipinski definition) is 3. The lowest BCUT2D eigenvalue weighted by Gasteiger charge is -2.37. The predicted molar refractivity (Wildman–Crippen MR) is 107 cm³/mol. The first-order chi connectivity index (χ1) is 14.4. The van der Waals surface area contributed by atoms with Gasteiger partial charge >= 0.3 is 6.18 Å². The number of amides is 1. The number of benzene rings is 2. The molecule has 4 rings (SSSR count). The number of ether oxygens (including phenoxy) is 1. The Balaban J connectivity index is 1.50. The first kappa shape index (κ1) is 20.7. The van der Waals surface area contributed by atoms with Crippen LogP contribution in [-0.4, -0.2) is 48.5 Å². The zero-order chi connectivity index (χ0) is 21.3. The number of nitrogens with zero attached hydrogens (tertiary/aromatic N) is 2. The van der Waals surface area contributed by atoms with E-state index in [2.05, 4.69) is 4.90 Å². The lowest BCUT2D eigenvalue weighted by molar-refractivity contribution is -0.137. The summed E-state index contributed by atoms with van der Waals surface area (Å²) in [7, 11) is 1.66. The number of methoxy groups -OCH3 is 1. The molecular formula is C23H25F3N2O2. The minimum Gasteiger partial charge on any atom is -0.496 e. The number of piperidine rings is 1. The molecule has 2 aliphatic heterocycles. The Kier molecular flexibility index (Phi) is 5.73. The van der Waals surface area contributed by atoms with Crippen LogP contribution in [0, 0.1) is 5.92 Å². The van der Waals surface area contributed by atoms with Crippen molar-refractivity contribution in [3.63, 3.8) is 0 Å². The van der Waals surface area contributed by atoms with Gasteiger partial charge in [-0.05, 0) is 49.6 Å². The van der Waals surface area contributed by atoms with Crippen molar-refractivity contribution in [3.8, 4) is 5.75 Å². The van der Waals surface area contributed by atoms with E-state index in [0.717, 1.165) is 49.4 Å². The van der Waals surface area contributed by atoms with Gasteiger partial charge in [0.15, 0.2) is 0 Å². The fourth-order valence-electron chi connectivity index (χ4n) is 4.70. The smallest absolute Gasteiger partial charge is 0.416 e. The van der Waals surface area contributed by atoms with Crippen LogP contribution in [0.15, 0.2) is 48.5 Å². The quantitative estimate of drug-likeness (QED) is 0.736. The minimum atomic E-state index is -4.46. The van der Waals surface area contributed by atoms with Gasteiger partial charge in [-0.15, -0.1) is 0 Å². The Hall–Kier alpha value is -2.54. The van der Waals surface area contributed by atoms with Crippen molar-refractivity contribution in [2.75, 3.05) is 26.7 Å². The Bertz CT molecular complexity index is 915. The van der Waals surface area contributed by atoms with E-state index < -0.39 is 11.7 Å². The van der Waals surface area contributed by atoms with Crippen LogP contribution in [0.25, 0.3) is 0 Å². The zero-order valence-corrected chi connectivity index (χ0v) is 16.9. The SMILES string of the molecule is COc1ccccc1CN1CCC[C@@H]2CN(C(=O)c3cccc(C(F)(F)F)c3)C[C@@H]21. The van der Waals surface area contributed by atoms with Crippen LogP contribution in [0.5, 0.6) is 5.75 Å². The lowest BCUT2D eigenvalue weighted by Crippen LogP contribution is -2.44. The fraction of sp³-hybridized carbons (Fsp3) is 0.435. The molecule has 0 spiro atoms. The highest BCUT2D eigenvalue weighted by Crippen LogP contribution is 2.34. The number of halogens is 3. The first-order valence-electron chi connectivity index (χ1n) is 10.2. The van der Waals surface area contributed by atoms with Gasteiger partial charge in [-0.2, -0.15) is 13.2 Å². The Morgan fingerprint density at radius 2 is 1.93 bits per heavy atom. The van der Waals surface area contributed by atoms with Crippen molar-refractivity contribution in [1.29, 1.82) is 0 Å². The number of alkyl halides is 3. The van der Waals surface area contributed by atoms with Crippen LogP contribution in [-0.2, 0) is 12.7 Å². The van der Waals surface area contributed by atoms with Gasteiger partial charge in [-0.1, -0.05) is 24.3 Å². The molecule has 1 amide bonds. The van der Waals surface area contributed by atoms with Gasteiger partial charge in [0, 0.05) is 36.8 Å². The molecular weight excluding hydrogens is 393 g/mol. The van der Waals surface area contributed by atoms with Crippen molar-refractivity contribution in [1.82, 2.24) is 9.80 Å². The molecule has 2 fully saturated rings. The summed E-state index contributed by atoms with van der Waals surface area (Å²) < 4.78 is 44.6. The van der Waals surface area contributed by atoms with Crippen molar-refractivity contribution in [3.05, 3.63) is 65.2 Å². The number of para-hydroxylation sites is 1. The maximum Gasteiger partial charge on any atom is 0.416 e. The van der Waals surface area contributed by atoms with Gasteiger partial charge in [-0.3, -0.25) is 9.69 Å². The summed E-state index contributed by atoms with van der Waals surface area (Å²) in [6.45, 7) is 2.79. The fourth-order valence-corrected chi connectivity index (χ4v) is 4.70. The van der Waals surface area contributed by atoms with Crippen molar-refractivity contribution in [2.45, 2.75) is 31.6 Å². The summed E-state index contributed by atoms with van der Waals surface area (Å²) >= 11 is 0. The summed E-state index contributed by atoms with van der Waals surface area (Å²) in [5.41, 5.74) is 0.408. The summed E-state index contributed by atoms with van der Waals surface area (Å²) in [4.78, 5) is 17.0. The topological polar surface area (TPSA) is 32.8 Å². The average Bonchev–Trinajstić information content (AvgIpc) is 3.18. The highest BCUT2D eigenvalue weighted by Gasteiger charge is 2.41. The molecule has 30 heavy (non-hydrogen) atoms. The largest absolute Gasteiger partial charge is 0.496 e. The number of carbonyl (C=O) groups is 1. The van der Waals surface area contributed by atoms with Gasteiger partial charge in [0.25, 0.3) is 5.91 Å². The van der Waals surface area contributed by atoms with E-state index in [1.54, 1.807) is 12.0 Å². The summed E-state index contributed by atoms with van der Waals surface area (Å²) in [5.74, 6) is 0.852. The van der Waals surface area contributed by atoms with Gasteiger partial charge in [0.1, 0.15) is 5.75 Å². The lowest BCUT2D eigenvalue weighted by atomic mass is 9.91. The maximum atomic E-state index is 13.0. The molecule has 0 unspecified atom stereocenters. The van der Waals surface area contributed by atoms with E-state index in [4.69, 9.17) is 4.74 Å². The monoisotopic (exact) mass is 418 g/mol. The Morgan fingerprint density at radius 3 is 2.70 bits per heavy atom. The Labute approximate surface area is 174 Å². The molecule has 0 radical (unpaired) electrons. The van der Waals surface area contributed by atoms with E-state index in [1.165, 1.54) is 12.1 Å². The maximum absolute atomic E-state index is 13.0. The molecule has 2 saturated heterocycles. The highest BCUT2D eigenvalue weighted by molar-refractivity contribution is 5.94. The Morgan fingerprint density at radius 1 is 1.13 bits per heavy atom. The molecule has 2 heterocycles. The standard InChI is InChI=1S/C23H25F3N2O2/c1-30-21-10-3-2-6-18(21)14-27-11-5-8-17-13-28(15-20(17)27)22(29)16-7-4-9-19(12-16)23(24,25)26/h2-4,6-7,9-10,12,17,20H,5,8,11,13-15H2,1H3/t17-,20+/m1/s1. The summed E-state index contributed by atoms with van der Waals surface area (Å²) in [5, 5.41) is 0. The van der Waals surface area contributed by atoms with E-state index in [-0.39, 0.29) is 17.5 Å². The van der Waals surface area contributed by atoms with Gasteiger partial charge < -0.3 is 9.64 Å². The van der Waals surface area contributed by atoms with E-state index >= 15 is 0 Å². The number of fused-ring (bicyclic) bond motifs is 1. The predicted octanol–water partition coefficient (Wildman–Crippen LogP) is 4.45. The van der Waals surface area contributed by atoms with Crippen LogP contribution in [0.3, 0.4) is 0 Å². The van der Waals surface area contributed by atoms with E-state index in [0.29, 0.717) is 19.0 Å². The molecule has 7 heteroatoms. The molecule has 2 atom stereocenters. The molecule has 160 valence electrons. The highest BCUT2D eigenvalue weighted by atomic mass is 19.4. The van der Waals surface area contributed by atoms with Crippen LogP contribution >= 0.6 is 0 Å². The van der Waals surface area contributed by atoms with Crippen molar-refractivity contribution >= 4 is 5.91 Å². The second-order valence-corrected chi connectivity index (χ2v) is 8.04. The van der Waals surface area contributed by atoms with Gasteiger partial charge in [-0.25, -0.2) is 0 Å². The second kappa shape index (κ2) is 8.30. The molecule has 0 bridgehead atoms. The molecule has 0 aliphatic carbocycles. The number of likely N-dealkylation sites (tertiary alicyclic amines) is 2. The van der Waals surface area contributed by atoms with Crippen LogP contribution in [0.4, 0.5) is 13.2 Å². The third-order valence-electron chi connectivity index (χ3n) is 6.19. The zero-order valence-electron chi connectivity index (χ0n) is 16.9. The number of hydrogen-bond donors (Lipinski definition) is 0. The van der Waals surface area contributed by atoms with Gasteiger partial charge in [0.05, 0.1) is 12.7 Å². The van der Waals surface area contributed by atoms with Crippen LogP contribution in [0.1, 0.15) is 34.3 Å². The molecule has 4 nitrogen and oxygen atoms in total. The second-order valence-electron chi connectivity index (χ2n) is 8.04. The molecule has 2 aromatic rings. The van der Waals surface area contributed by atoms with Crippen molar-refractivity contribution < 1.29 is 22.7 Å². The third kappa shape index (κ3) is 4.17. The van der Waals surface area contributed by atoms with Crippen LogP contribution < -0.4 is 4.74 Å². The normalized spacial score (nSPS) is 22.1. The summed E-state index contributed by atoms with van der Waals surface area (Å²) in [6.07, 6.45) is -2.39. The van der Waals surface area contributed by atoms with Crippen LogP contribution in [0.2, 0.25) is 0 Å². The molecule has 2 aromatic carbocycles. The number of rotatable bonds is 4. The number of carbonyl (C=O) groups excluding carboxylic acids is 1.